The van der Waals surface area contributed by atoms with Gasteiger partial charge >= 0.3 is 5.63 Å². The molecular weight excluding hydrogens is 267 g/mol. The van der Waals surface area contributed by atoms with Crippen LogP contribution in [0.4, 0.5) is 0 Å². The summed E-state index contributed by atoms with van der Waals surface area (Å²) in [4.78, 5) is 11.2. The number of hydrogen-bond acceptors (Lipinski definition) is 2. The summed E-state index contributed by atoms with van der Waals surface area (Å²) in [6, 6.07) is 7.38. The zero-order valence-electron chi connectivity index (χ0n) is 6.08. The molecule has 0 amide bonds. The van der Waals surface area contributed by atoms with E-state index in [9.17, 15) is 4.79 Å². The minimum absolute atomic E-state index is 0.272. The third kappa shape index (κ3) is 1.14. The Hall–Kier alpha value is -0.840. The van der Waals surface area contributed by atoms with E-state index in [2.05, 4.69) is 22.6 Å². The molecule has 0 aliphatic rings. The van der Waals surface area contributed by atoms with Crippen molar-refractivity contribution in [3.63, 3.8) is 0 Å². The average Bonchev–Trinajstić information content (AvgIpc) is 2.07. The molecule has 2 nitrogen and oxygen atoms in total. The monoisotopic (exact) mass is 272 g/mol. The quantitative estimate of drug-likeness (QED) is 0.689. The second-order valence-electron chi connectivity index (χ2n) is 2.41. The van der Waals surface area contributed by atoms with E-state index >= 15 is 0 Å². The Morgan fingerprint density at radius 2 is 2.00 bits per heavy atom. The Morgan fingerprint density at radius 1 is 1.17 bits per heavy atom. The largest absolute Gasteiger partial charge is 0.431 e. The molecule has 1 aromatic carbocycles. The maximum absolute atomic E-state index is 11.2. The molecule has 0 atom stereocenters. The van der Waals surface area contributed by atoms with Gasteiger partial charge in [-0.2, -0.15) is 0 Å². The lowest BCUT2D eigenvalue weighted by Gasteiger charge is -1.96. The first-order valence-electron chi connectivity index (χ1n) is 3.45. The third-order valence-electron chi connectivity index (χ3n) is 1.68. The Morgan fingerprint density at radius 3 is 2.75 bits per heavy atom. The molecule has 0 bridgehead atoms. The summed E-state index contributed by atoms with van der Waals surface area (Å²) in [7, 11) is 0. The van der Waals surface area contributed by atoms with E-state index in [-0.39, 0.29) is 5.63 Å². The minimum Gasteiger partial charge on any atom is -0.431 e. The van der Waals surface area contributed by atoms with Crippen molar-refractivity contribution < 1.29 is 4.42 Å². The van der Waals surface area contributed by atoms with E-state index in [4.69, 9.17) is 4.42 Å². The van der Waals surface area contributed by atoms with Crippen LogP contribution in [0.5, 0.6) is 0 Å². The molecule has 0 saturated carbocycles. The molecule has 2 aromatic rings. The van der Waals surface area contributed by atoms with Crippen molar-refractivity contribution in [1.82, 2.24) is 0 Å². The standard InChI is InChI=1S/C9H5IO2/c10-8-3-1-2-7-6(8)4-5-12-9(7)11/h1-5H. The van der Waals surface area contributed by atoms with Crippen LogP contribution in [0.2, 0.25) is 0 Å². The van der Waals surface area contributed by atoms with Crippen LogP contribution in [0.15, 0.2) is 39.7 Å². The highest BCUT2D eigenvalue weighted by Crippen LogP contribution is 2.16. The molecule has 0 saturated heterocycles. The van der Waals surface area contributed by atoms with Crippen LogP contribution in [0.1, 0.15) is 0 Å². The summed E-state index contributed by atoms with van der Waals surface area (Å²) < 4.78 is 5.80. The van der Waals surface area contributed by atoms with Crippen molar-refractivity contribution >= 4 is 33.4 Å². The Kier molecular flexibility index (Phi) is 1.88. The molecule has 12 heavy (non-hydrogen) atoms. The number of fused-ring (bicyclic) bond motifs is 1. The van der Waals surface area contributed by atoms with Gasteiger partial charge < -0.3 is 4.42 Å². The highest BCUT2D eigenvalue weighted by atomic mass is 127. The van der Waals surface area contributed by atoms with Crippen molar-refractivity contribution in [3.8, 4) is 0 Å². The first-order valence-corrected chi connectivity index (χ1v) is 4.53. The fourth-order valence-corrected chi connectivity index (χ4v) is 1.79. The van der Waals surface area contributed by atoms with Gasteiger partial charge in [0.15, 0.2) is 0 Å². The maximum atomic E-state index is 11.2. The highest BCUT2D eigenvalue weighted by Gasteiger charge is 2.00. The van der Waals surface area contributed by atoms with Crippen LogP contribution >= 0.6 is 22.6 Å². The van der Waals surface area contributed by atoms with Gasteiger partial charge in [-0.25, -0.2) is 4.79 Å². The first-order chi connectivity index (χ1) is 5.79. The molecule has 0 radical (unpaired) electrons. The van der Waals surface area contributed by atoms with Crippen molar-refractivity contribution in [3.05, 3.63) is 44.5 Å². The predicted molar refractivity (Wildman–Crippen MR) is 55.2 cm³/mol. The minimum atomic E-state index is -0.272. The fraction of sp³-hybridized carbons (Fsp3) is 0. The summed E-state index contributed by atoms with van der Waals surface area (Å²) in [5.41, 5.74) is -0.272. The molecule has 0 fully saturated rings. The Balaban J connectivity index is 3.05. The van der Waals surface area contributed by atoms with Gasteiger partial charge in [-0.05, 0) is 40.8 Å². The SMILES string of the molecule is O=c1occc2c(I)cccc12. The summed E-state index contributed by atoms with van der Waals surface area (Å²) in [6.07, 6.45) is 1.42. The first kappa shape index (κ1) is 7.79. The van der Waals surface area contributed by atoms with Gasteiger partial charge in [-0.15, -0.1) is 0 Å². The lowest BCUT2D eigenvalue weighted by atomic mass is 10.2. The topological polar surface area (TPSA) is 30.2 Å². The lowest BCUT2D eigenvalue weighted by molar-refractivity contribution is 0.519. The maximum Gasteiger partial charge on any atom is 0.343 e. The summed E-state index contributed by atoms with van der Waals surface area (Å²) >= 11 is 2.19. The third-order valence-corrected chi connectivity index (χ3v) is 2.62. The molecule has 0 aliphatic carbocycles. The molecule has 1 heterocycles. The molecule has 0 spiro atoms. The molecule has 0 aliphatic heterocycles. The van der Waals surface area contributed by atoms with Crippen LogP contribution < -0.4 is 5.63 Å². The van der Waals surface area contributed by atoms with Crippen molar-refractivity contribution in [2.75, 3.05) is 0 Å². The summed E-state index contributed by atoms with van der Waals surface area (Å²) in [5, 5.41) is 1.60. The normalized spacial score (nSPS) is 10.4. The second-order valence-corrected chi connectivity index (χ2v) is 3.57. The van der Waals surface area contributed by atoms with Crippen LogP contribution in [-0.2, 0) is 0 Å². The smallest absolute Gasteiger partial charge is 0.343 e. The zero-order chi connectivity index (χ0) is 8.55. The second kappa shape index (κ2) is 2.90. The molecule has 1 aromatic heterocycles. The Bertz CT molecular complexity index is 473. The fourth-order valence-electron chi connectivity index (χ4n) is 1.11. The van der Waals surface area contributed by atoms with Crippen LogP contribution in [-0.4, -0.2) is 0 Å². The molecule has 2 rings (SSSR count). The van der Waals surface area contributed by atoms with E-state index in [0.717, 1.165) is 8.96 Å². The lowest BCUT2D eigenvalue weighted by Crippen LogP contribution is -1.97. The van der Waals surface area contributed by atoms with Crippen molar-refractivity contribution in [1.29, 1.82) is 0 Å². The van der Waals surface area contributed by atoms with E-state index in [0.29, 0.717) is 5.39 Å². The van der Waals surface area contributed by atoms with Crippen LogP contribution in [0.3, 0.4) is 0 Å². The van der Waals surface area contributed by atoms with Gasteiger partial charge in [-0.1, -0.05) is 6.07 Å². The van der Waals surface area contributed by atoms with E-state index < -0.39 is 0 Å². The highest BCUT2D eigenvalue weighted by molar-refractivity contribution is 14.1. The molecular formula is C9H5IO2. The summed E-state index contributed by atoms with van der Waals surface area (Å²) in [6.45, 7) is 0. The van der Waals surface area contributed by atoms with Crippen molar-refractivity contribution in [2.24, 2.45) is 0 Å². The van der Waals surface area contributed by atoms with Gasteiger partial charge in [0.25, 0.3) is 0 Å². The van der Waals surface area contributed by atoms with E-state index in [1.54, 1.807) is 12.1 Å². The van der Waals surface area contributed by atoms with Gasteiger partial charge in [0.05, 0.1) is 11.6 Å². The average molecular weight is 272 g/mol. The predicted octanol–water partition coefficient (Wildman–Crippen LogP) is 2.40. The van der Waals surface area contributed by atoms with Gasteiger partial charge in [0.1, 0.15) is 0 Å². The summed E-state index contributed by atoms with van der Waals surface area (Å²) in [5.74, 6) is 0. The van der Waals surface area contributed by atoms with Crippen LogP contribution in [0.25, 0.3) is 10.8 Å². The number of rotatable bonds is 0. The number of hydrogen-bond donors (Lipinski definition) is 0. The number of benzene rings is 1. The van der Waals surface area contributed by atoms with Gasteiger partial charge in [0.2, 0.25) is 0 Å². The van der Waals surface area contributed by atoms with Crippen molar-refractivity contribution in [2.45, 2.75) is 0 Å². The molecule has 0 N–H and O–H groups in total. The molecule has 3 heteroatoms. The van der Waals surface area contributed by atoms with Gasteiger partial charge in [0, 0.05) is 8.96 Å². The zero-order valence-corrected chi connectivity index (χ0v) is 8.24. The van der Waals surface area contributed by atoms with E-state index in [1.165, 1.54) is 6.26 Å². The van der Waals surface area contributed by atoms with E-state index in [1.807, 2.05) is 12.1 Å². The molecule has 60 valence electrons. The van der Waals surface area contributed by atoms with Crippen LogP contribution in [0, 0.1) is 3.57 Å². The number of halogens is 1. The molecule has 0 unspecified atom stereocenters. The van der Waals surface area contributed by atoms with Gasteiger partial charge in [-0.3, -0.25) is 0 Å². The Labute approximate surface area is 82.3 Å².